The molecule has 3 nitrogen and oxygen atoms in total. The highest BCUT2D eigenvalue weighted by atomic mass is 16.3. The maximum Gasteiger partial charge on any atom is 0.136 e. The van der Waals surface area contributed by atoms with Gasteiger partial charge < -0.3 is 13.9 Å². The summed E-state index contributed by atoms with van der Waals surface area (Å²) in [6, 6.07) is 109. The average molecular weight is 1030 g/mol. The van der Waals surface area contributed by atoms with Gasteiger partial charge in [-0.1, -0.05) is 224 Å². The van der Waals surface area contributed by atoms with Crippen LogP contribution in [0.25, 0.3) is 93.6 Å². The van der Waals surface area contributed by atoms with Gasteiger partial charge in [0.25, 0.3) is 0 Å². The molecular weight excluding hydrogens is 981 g/mol. The molecule has 376 valence electrons. The summed E-state index contributed by atoms with van der Waals surface area (Å²) in [5.74, 6) is 0. The van der Waals surface area contributed by atoms with E-state index in [1.807, 2.05) is 6.07 Å². The van der Waals surface area contributed by atoms with E-state index in [9.17, 15) is 0 Å². The first-order valence-corrected chi connectivity index (χ1v) is 28.1. The van der Waals surface area contributed by atoms with Gasteiger partial charge in [0.2, 0.25) is 0 Å². The zero-order chi connectivity index (χ0) is 53.0. The largest absolute Gasteiger partial charge is 0.456 e. The molecule has 0 radical (unpaired) electrons. The second-order valence-corrected chi connectivity index (χ2v) is 22.2. The monoisotopic (exact) mass is 1030 g/mol. The SMILES string of the molecule is c1ccc(C2(c3ccccc3)c3cc(N(c4ccc(-c5ccc6c(c5)oc5ccccc56)cc4)c4ccc5c(c4)C4(c6ccccc6-5)c5ccccc5-n5c6ccccc6c6cccc4c65)ccc3-c3c2ccc2ccccc32)cc1. The Balaban J connectivity index is 0.904. The van der Waals surface area contributed by atoms with E-state index in [0.29, 0.717) is 0 Å². The van der Waals surface area contributed by atoms with E-state index in [-0.39, 0.29) is 0 Å². The molecule has 2 aliphatic carbocycles. The Morgan fingerprint density at radius 3 is 1.69 bits per heavy atom. The molecule has 0 N–H and O–H groups in total. The van der Waals surface area contributed by atoms with Gasteiger partial charge in [-0.2, -0.15) is 0 Å². The summed E-state index contributed by atoms with van der Waals surface area (Å²) in [5.41, 5.74) is 25.0. The molecule has 15 aromatic rings. The van der Waals surface area contributed by atoms with Gasteiger partial charge in [-0.25, -0.2) is 0 Å². The quantitative estimate of drug-likeness (QED) is 0.166. The smallest absolute Gasteiger partial charge is 0.136 e. The highest BCUT2D eigenvalue weighted by Crippen LogP contribution is 2.63. The number of aromatic nitrogens is 1. The topological polar surface area (TPSA) is 21.3 Å². The van der Waals surface area contributed by atoms with Crippen LogP contribution in [0.4, 0.5) is 17.1 Å². The summed E-state index contributed by atoms with van der Waals surface area (Å²) < 4.78 is 8.96. The first-order chi connectivity index (χ1) is 40.2. The van der Waals surface area contributed by atoms with Crippen LogP contribution in [0.1, 0.15) is 44.5 Å². The van der Waals surface area contributed by atoms with Crippen LogP contribution in [0.3, 0.4) is 0 Å². The minimum absolute atomic E-state index is 0.620. The van der Waals surface area contributed by atoms with Crippen molar-refractivity contribution in [1.82, 2.24) is 4.57 Å². The summed E-state index contributed by atoms with van der Waals surface area (Å²) in [6.07, 6.45) is 0. The van der Waals surface area contributed by atoms with Crippen molar-refractivity contribution in [3.8, 4) is 39.1 Å². The molecule has 1 atom stereocenters. The standard InChI is InChI=1S/C78H48N2O/c1-3-19-52(20-4-1)77(53-21-5-2-6-22-53)67-45-37-50-18-7-8-23-57(50)75(67)64-44-41-56(48-70(64)77)79(54-38-34-49(35-39-54)51-36-42-62-61-26-11-16-33-73(61)81-74(62)46-51)55-40-43-59-58-24-9-12-28-65(58)78(69(59)47-55)66-29-13-15-32-72(66)80-71-31-14-10-25-60(71)63-27-17-30-68(78)76(63)80/h1-48H. The van der Waals surface area contributed by atoms with Crippen molar-refractivity contribution in [3.05, 3.63) is 336 Å². The highest BCUT2D eigenvalue weighted by Gasteiger charge is 2.52. The van der Waals surface area contributed by atoms with Crippen LogP contribution in [0.5, 0.6) is 0 Å². The number of fused-ring (bicyclic) bond motifs is 20. The van der Waals surface area contributed by atoms with Crippen molar-refractivity contribution in [2.45, 2.75) is 10.8 Å². The van der Waals surface area contributed by atoms with Crippen LogP contribution in [0.15, 0.2) is 296 Å². The van der Waals surface area contributed by atoms with Crippen LogP contribution >= 0.6 is 0 Å². The number of benzene rings is 13. The molecule has 1 aliphatic heterocycles. The lowest BCUT2D eigenvalue weighted by Crippen LogP contribution is -2.33. The molecule has 0 amide bonds. The van der Waals surface area contributed by atoms with Gasteiger partial charge in [0.1, 0.15) is 11.2 Å². The minimum atomic E-state index is -0.621. The third kappa shape index (κ3) is 5.86. The fourth-order valence-electron chi connectivity index (χ4n) is 15.2. The number of furan rings is 1. The molecule has 3 heteroatoms. The summed E-state index contributed by atoms with van der Waals surface area (Å²) in [7, 11) is 0. The predicted octanol–water partition coefficient (Wildman–Crippen LogP) is 20.0. The lowest BCUT2D eigenvalue weighted by Gasteiger charge is -2.40. The van der Waals surface area contributed by atoms with Crippen LogP contribution < -0.4 is 4.90 Å². The molecule has 0 saturated heterocycles. The third-order valence-electron chi connectivity index (χ3n) is 18.5. The van der Waals surface area contributed by atoms with Crippen molar-refractivity contribution < 1.29 is 4.42 Å². The van der Waals surface area contributed by atoms with Gasteiger partial charge in [0.15, 0.2) is 0 Å². The maximum atomic E-state index is 6.43. The van der Waals surface area contributed by atoms with Crippen LogP contribution in [0, 0.1) is 0 Å². The number of hydrogen-bond donors (Lipinski definition) is 0. The third-order valence-corrected chi connectivity index (χ3v) is 18.5. The average Bonchev–Trinajstić information content (AvgIpc) is 3.54. The fraction of sp³-hybridized carbons (Fsp3) is 0.0256. The molecule has 0 fully saturated rings. The van der Waals surface area contributed by atoms with Crippen molar-refractivity contribution in [2.75, 3.05) is 4.90 Å². The van der Waals surface area contributed by atoms with Gasteiger partial charge in [0.05, 0.1) is 27.6 Å². The Hall–Kier alpha value is -10.5. The first kappa shape index (κ1) is 44.5. The number of rotatable bonds is 6. The molecule has 3 aliphatic rings. The van der Waals surface area contributed by atoms with Gasteiger partial charge >= 0.3 is 0 Å². The number of nitrogens with zero attached hydrogens (tertiary/aromatic N) is 2. The van der Waals surface area contributed by atoms with E-state index in [0.717, 1.165) is 50.1 Å². The van der Waals surface area contributed by atoms with E-state index in [4.69, 9.17) is 4.42 Å². The summed E-state index contributed by atoms with van der Waals surface area (Å²) in [5, 5.41) is 7.29. The normalized spacial score (nSPS) is 15.1. The first-order valence-electron chi connectivity index (χ1n) is 28.1. The molecule has 0 saturated carbocycles. The lowest BCUT2D eigenvalue weighted by molar-refractivity contribution is 0.669. The number of anilines is 3. The fourth-order valence-corrected chi connectivity index (χ4v) is 15.2. The molecule has 0 bridgehead atoms. The van der Waals surface area contributed by atoms with Gasteiger partial charge in [-0.3, -0.25) is 0 Å². The predicted molar refractivity (Wildman–Crippen MR) is 334 cm³/mol. The Kier molecular flexibility index (Phi) is 9.08. The number of hydrogen-bond acceptors (Lipinski definition) is 2. The van der Waals surface area contributed by atoms with Gasteiger partial charge in [-0.15, -0.1) is 0 Å². The molecular formula is C78H48N2O. The maximum absolute atomic E-state index is 6.43. The Bertz CT molecular complexity index is 5080. The Morgan fingerprint density at radius 2 is 0.889 bits per heavy atom. The molecule has 13 aromatic carbocycles. The van der Waals surface area contributed by atoms with Crippen molar-refractivity contribution in [1.29, 1.82) is 0 Å². The number of para-hydroxylation sites is 4. The molecule has 2 aromatic heterocycles. The van der Waals surface area contributed by atoms with Crippen molar-refractivity contribution in [3.63, 3.8) is 0 Å². The van der Waals surface area contributed by atoms with Gasteiger partial charge in [-0.05, 0) is 155 Å². The molecule has 18 rings (SSSR count). The van der Waals surface area contributed by atoms with Crippen LogP contribution in [-0.2, 0) is 10.8 Å². The van der Waals surface area contributed by atoms with Crippen LogP contribution in [0.2, 0.25) is 0 Å². The lowest BCUT2D eigenvalue weighted by atomic mass is 9.65. The van der Waals surface area contributed by atoms with E-state index in [1.165, 1.54) is 105 Å². The van der Waals surface area contributed by atoms with E-state index >= 15 is 0 Å². The van der Waals surface area contributed by atoms with Crippen LogP contribution in [-0.4, -0.2) is 4.57 Å². The Labute approximate surface area is 468 Å². The van der Waals surface area contributed by atoms with E-state index < -0.39 is 10.8 Å². The molecule has 81 heavy (non-hydrogen) atoms. The molecule has 1 unspecified atom stereocenters. The summed E-state index contributed by atoms with van der Waals surface area (Å²) in [4.78, 5) is 2.51. The Morgan fingerprint density at radius 1 is 0.309 bits per heavy atom. The van der Waals surface area contributed by atoms with Crippen molar-refractivity contribution >= 4 is 71.6 Å². The molecule has 1 spiro atoms. The zero-order valence-corrected chi connectivity index (χ0v) is 44.0. The van der Waals surface area contributed by atoms with E-state index in [1.54, 1.807) is 0 Å². The zero-order valence-electron chi connectivity index (χ0n) is 44.0. The van der Waals surface area contributed by atoms with E-state index in [2.05, 4.69) is 295 Å². The second kappa shape index (κ2) is 16.5. The van der Waals surface area contributed by atoms with Gasteiger partial charge in [0, 0.05) is 38.6 Å². The summed E-state index contributed by atoms with van der Waals surface area (Å²) >= 11 is 0. The minimum Gasteiger partial charge on any atom is -0.456 e. The second-order valence-electron chi connectivity index (χ2n) is 22.2. The van der Waals surface area contributed by atoms with Crippen molar-refractivity contribution in [2.24, 2.45) is 0 Å². The summed E-state index contributed by atoms with van der Waals surface area (Å²) in [6.45, 7) is 0. The highest BCUT2D eigenvalue weighted by molar-refractivity contribution is 6.13. The molecule has 3 heterocycles.